The van der Waals surface area contributed by atoms with Crippen LogP contribution < -0.4 is 0 Å². The van der Waals surface area contributed by atoms with E-state index < -0.39 is 0 Å². The van der Waals surface area contributed by atoms with Gasteiger partial charge in [0.2, 0.25) is 0 Å². The Kier molecular flexibility index (Phi) is 3.28. The highest BCUT2D eigenvalue weighted by molar-refractivity contribution is 5.92. The van der Waals surface area contributed by atoms with Crippen LogP contribution in [0.3, 0.4) is 0 Å². The molecule has 0 saturated heterocycles. The lowest BCUT2D eigenvalue weighted by atomic mass is 9.93. The molecule has 0 spiro atoms. The van der Waals surface area contributed by atoms with Crippen LogP contribution in [0, 0.1) is 5.41 Å². The van der Waals surface area contributed by atoms with Gasteiger partial charge in [-0.05, 0) is 13.0 Å². The molecule has 1 aliphatic rings. The van der Waals surface area contributed by atoms with E-state index >= 15 is 0 Å². The highest BCUT2D eigenvalue weighted by Crippen LogP contribution is 2.22. The highest BCUT2D eigenvalue weighted by Gasteiger charge is 2.13. The molecule has 0 heterocycles. The monoisotopic (exact) mass is 192 g/mol. The van der Waals surface area contributed by atoms with Gasteiger partial charge in [0.1, 0.15) is 0 Å². The zero-order valence-corrected chi connectivity index (χ0v) is 8.91. The van der Waals surface area contributed by atoms with Crippen LogP contribution in [-0.2, 0) is 9.53 Å². The summed E-state index contributed by atoms with van der Waals surface area (Å²) in [4.78, 5) is 11.4. The van der Waals surface area contributed by atoms with Gasteiger partial charge >= 0.3 is 5.97 Å². The van der Waals surface area contributed by atoms with E-state index in [4.69, 9.17) is 4.74 Å². The second kappa shape index (κ2) is 4.27. The molecule has 0 aromatic carbocycles. The fourth-order valence-corrected chi connectivity index (χ4v) is 1.17. The van der Waals surface area contributed by atoms with Crippen LogP contribution >= 0.6 is 0 Å². The van der Waals surface area contributed by atoms with Crippen molar-refractivity contribution in [3.8, 4) is 0 Å². The van der Waals surface area contributed by atoms with Gasteiger partial charge in [-0.3, -0.25) is 0 Å². The zero-order chi connectivity index (χ0) is 10.6. The third-order valence-corrected chi connectivity index (χ3v) is 2.01. The Morgan fingerprint density at radius 2 is 2.14 bits per heavy atom. The third kappa shape index (κ3) is 2.87. The summed E-state index contributed by atoms with van der Waals surface area (Å²) >= 11 is 0. The van der Waals surface area contributed by atoms with Crippen molar-refractivity contribution in [1.29, 1.82) is 0 Å². The van der Waals surface area contributed by atoms with Crippen molar-refractivity contribution in [2.24, 2.45) is 5.41 Å². The summed E-state index contributed by atoms with van der Waals surface area (Å²) in [5, 5.41) is 0. The molecular weight excluding hydrogens is 176 g/mol. The normalized spacial score (nSPS) is 18.6. The lowest BCUT2D eigenvalue weighted by molar-refractivity contribution is -0.138. The predicted octanol–water partition coefficient (Wildman–Crippen LogP) is 2.63. The molecule has 0 N–H and O–H groups in total. The minimum absolute atomic E-state index is 0.00471. The molecule has 0 amide bonds. The fourth-order valence-electron chi connectivity index (χ4n) is 1.17. The summed E-state index contributed by atoms with van der Waals surface area (Å²) in [5.41, 5.74) is 0.610. The molecule has 0 aromatic rings. The summed E-state index contributed by atoms with van der Waals surface area (Å²) in [6.45, 7) is 6.39. The van der Waals surface area contributed by atoms with Crippen molar-refractivity contribution in [2.45, 2.75) is 20.8 Å². The molecule has 14 heavy (non-hydrogen) atoms. The first-order chi connectivity index (χ1) is 6.55. The van der Waals surface area contributed by atoms with E-state index in [1.54, 1.807) is 13.0 Å². The van der Waals surface area contributed by atoms with Crippen molar-refractivity contribution < 1.29 is 9.53 Å². The van der Waals surface area contributed by atoms with E-state index in [0.29, 0.717) is 12.2 Å². The van der Waals surface area contributed by atoms with Crippen LogP contribution in [0.4, 0.5) is 0 Å². The Labute approximate surface area is 85.0 Å². The number of carbonyl (C=O) groups is 1. The Hall–Kier alpha value is -1.31. The number of rotatable bonds is 2. The van der Waals surface area contributed by atoms with E-state index in [0.717, 1.165) is 0 Å². The minimum atomic E-state index is -0.258. The summed E-state index contributed by atoms with van der Waals surface area (Å²) in [6.07, 6.45) is 9.54. The van der Waals surface area contributed by atoms with Crippen molar-refractivity contribution in [1.82, 2.24) is 0 Å². The number of allylic oxidation sites excluding steroid dienone is 4. The van der Waals surface area contributed by atoms with Crippen molar-refractivity contribution in [3.05, 3.63) is 36.0 Å². The van der Waals surface area contributed by atoms with Crippen molar-refractivity contribution in [3.63, 3.8) is 0 Å². The smallest absolute Gasteiger partial charge is 0.338 e. The topological polar surface area (TPSA) is 26.3 Å². The van der Waals surface area contributed by atoms with E-state index in [1.807, 2.05) is 18.2 Å². The fraction of sp³-hybridized carbons (Fsp3) is 0.417. The maximum absolute atomic E-state index is 11.4. The van der Waals surface area contributed by atoms with Crippen LogP contribution in [0.2, 0.25) is 0 Å². The minimum Gasteiger partial charge on any atom is -0.462 e. The van der Waals surface area contributed by atoms with Gasteiger partial charge in [0, 0.05) is 5.41 Å². The molecule has 0 fully saturated rings. The Balaban J connectivity index is 2.79. The number of carbonyl (C=O) groups excluding carboxylic acids is 1. The van der Waals surface area contributed by atoms with Gasteiger partial charge in [0.05, 0.1) is 12.2 Å². The molecule has 0 saturated carbocycles. The van der Waals surface area contributed by atoms with Crippen LogP contribution in [0.25, 0.3) is 0 Å². The lowest BCUT2D eigenvalue weighted by Crippen LogP contribution is -2.06. The highest BCUT2D eigenvalue weighted by atomic mass is 16.5. The summed E-state index contributed by atoms with van der Waals surface area (Å²) < 4.78 is 4.91. The summed E-state index contributed by atoms with van der Waals surface area (Å²) in [7, 11) is 0. The molecule has 0 unspecified atom stereocenters. The van der Waals surface area contributed by atoms with Crippen LogP contribution in [0.15, 0.2) is 36.0 Å². The van der Waals surface area contributed by atoms with Crippen LogP contribution in [0.1, 0.15) is 20.8 Å². The molecule has 0 atom stereocenters. The van der Waals surface area contributed by atoms with Crippen molar-refractivity contribution >= 4 is 5.97 Å². The van der Waals surface area contributed by atoms with Gasteiger partial charge in [-0.25, -0.2) is 4.79 Å². The molecule has 0 bridgehead atoms. The average molecular weight is 192 g/mol. The number of esters is 1. The van der Waals surface area contributed by atoms with Gasteiger partial charge in [-0.15, -0.1) is 0 Å². The first kappa shape index (κ1) is 10.8. The van der Waals surface area contributed by atoms with Gasteiger partial charge in [-0.2, -0.15) is 0 Å². The Morgan fingerprint density at radius 1 is 1.43 bits per heavy atom. The molecule has 1 aliphatic carbocycles. The number of ether oxygens (including phenoxy) is 1. The largest absolute Gasteiger partial charge is 0.462 e. The molecule has 1 rings (SSSR count). The maximum Gasteiger partial charge on any atom is 0.338 e. The second-order valence-corrected chi connectivity index (χ2v) is 3.86. The van der Waals surface area contributed by atoms with Crippen molar-refractivity contribution in [2.75, 3.05) is 6.61 Å². The molecule has 0 aromatic heterocycles. The third-order valence-electron chi connectivity index (χ3n) is 2.01. The molecule has 0 aliphatic heterocycles. The van der Waals surface area contributed by atoms with Gasteiger partial charge in [0.15, 0.2) is 0 Å². The van der Waals surface area contributed by atoms with Gasteiger partial charge in [0.25, 0.3) is 0 Å². The maximum atomic E-state index is 11.4. The van der Waals surface area contributed by atoms with Crippen LogP contribution in [0.5, 0.6) is 0 Å². The predicted molar refractivity (Wildman–Crippen MR) is 56.8 cm³/mol. The first-order valence-electron chi connectivity index (χ1n) is 4.81. The van der Waals surface area contributed by atoms with E-state index in [1.165, 1.54) is 0 Å². The Bertz CT molecular complexity index is 306. The first-order valence-corrected chi connectivity index (χ1v) is 4.81. The van der Waals surface area contributed by atoms with Crippen LogP contribution in [-0.4, -0.2) is 12.6 Å². The Morgan fingerprint density at radius 3 is 2.79 bits per heavy atom. The second-order valence-electron chi connectivity index (χ2n) is 3.86. The van der Waals surface area contributed by atoms with Gasteiger partial charge < -0.3 is 4.74 Å². The molecule has 2 nitrogen and oxygen atoms in total. The standard InChI is InChI=1S/C12H16O2/c1-4-14-11(13)10-6-5-8-12(2,3)9-7-10/h5-9H,4H2,1-3H3. The summed E-state index contributed by atoms with van der Waals surface area (Å²) in [6, 6.07) is 0. The average Bonchev–Trinajstić information content (AvgIpc) is 2.27. The molecule has 0 radical (unpaired) electrons. The number of hydrogen-bond donors (Lipinski definition) is 0. The quantitative estimate of drug-likeness (QED) is 0.629. The van der Waals surface area contributed by atoms with E-state index in [2.05, 4.69) is 19.9 Å². The van der Waals surface area contributed by atoms with Gasteiger partial charge in [-0.1, -0.05) is 38.2 Å². The zero-order valence-electron chi connectivity index (χ0n) is 8.91. The van der Waals surface area contributed by atoms with E-state index in [-0.39, 0.29) is 11.4 Å². The van der Waals surface area contributed by atoms with E-state index in [9.17, 15) is 4.79 Å². The molecule has 2 heteroatoms. The molecular formula is C12H16O2. The molecule has 76 valence electrons. The summed E-state index contributed by atoms with van der Waals surface area (Å²) in [5.74, 6) is -0.258. The lowest BCUT2D eigenvalue weighted by Gasteiger charge is -2.12. The number of hydrogen-bond acceptors (Lipinski definition) is 2. The SMILES string of the molecule is CCOC(=O)C1=CC=CC(C)(C)C=C1.